The predicted molar refractivity (Wildman–Crippen MR) is 117 cm³/mol. The highest BCUT2D eigenvalue weighted by molar-refractivity contribution is 5.89. The van der Waals surface area contributed by atoms with Crippen molar-refractivity contribution in [1.29, 1.82) is 0 Å². The second-order valence-corrected chi connectivity index (χ2v) is 8.02. The highest BCUT2D eigenvalue weighted by Gasteiger charge is 2.44. The van der Waals surface area contributed by atoms with Crippen molar-refractivity contribution in [3.63, 3.8) is 0 Å². The minimum atomic E-state index is -4.36. The molecule has 0 spiro atoms. The molecule has 1 aliphatic carbocycles. The maximum absolute atomic E-state index is 12.7. The van der Waals surface area contributed by atoms with Gasteiger partial charge in [0.15, 0.2) is 0 Å². The van der Waals surface area contributed by atoms with Gasteiger partial charge in [-0.3, -0.25) is 4.79 Å². The molecule has 2 aromatic carbocycles. The lowest BCUT2D eigenvalue weighted by Crippen LogP contribution is -2.34. The third-order valence-corrected chi connectivity index (χ3v) is 5.86. The number of nitrogens with zero attached hydrogens (tertiary/aromatic N) is 1. The van der Waals surface area contributed by atoms with Crippen LogP contribution < -0.4 is 10.6 Å². The molecule has 3 rings (SSSR count). The SMILES string of the molecule is CCN(CC)C(=O)Nc1ccc(C(C)NC(=O)C2CC2c2ccc(C(F)(F)F)cc2)cc1. The van der Waals surface area contributed by atoms with E-state index in [2.05, 4.69) is 10.6 Å². The molecule has 3 unspecified atom stereocenters. The van der Waals surface area contributed by atoms with E-state index < -0.39 is 11.7 Å². The predicted octanol–water partition coefficient (Wildman–Crippen LogP) is 5.56. The average Bonchev–Trinajstić information content (AvgIpc) is 3.56. The van der Waals surface area contributed by atoms with Crippen molar-refractivity contribution in [3.05, 3.63) is 65.2 Å². The molecule has 0 aliphatic heterocycles. The second-order valence-electron chi connectivity index (χ2n) is 8.02. The van der Waals surface area contributed by atoms with Crippen LogP contribution in [0.2, 0.25) is 0 Å². The minimum absolute atomic E-state index is 0.0536. The van der Waals surface area contributed by atoms with E-state index in [1.165, 1.54) is 12.1 Å². The summed E-state index contributed by atoms with van der Waals surface area (Å²) in [5.41, 5.74) is 1.63. The van der Waals surface area contributed by atoms with Crippen molar-refractivity contribution in [3.8, 4) is 0 Å². The van der Waals surface area contributed by atoms with E-state index >= 15 is 0 Å². The Morgan fingerprint density at radius 3 is 2.16 bits per heavy atom. The lowest BCUT2D eigenvalue weighted by atomic mass is 10.1. The van der Waals surface area contributed by atoms with Gasteiger partial charge in [-0.15, -0.1) is 0 Å². The topological polar surface area (TPSA) is 61.4 Å². The summed E-state index contributed by atoms with van der Waals surface area (Å²) < 4.78 is 38.1. The Labute approximate surface area is 186 Å². The van der Waals surface area contributed by atoms with Crippen LogP contribution in [0, 0.1) is 5.92 Å². The fourth-order valence-electron chi connectivity index (χ4n) is 3.74. The van der Waals surface area contributed by atoms with Gasteiger partial charge in [0.2, 0.25) is 5.91 Å². The number of nitrogens with one attached hydrogen (secondary N) is 2. The van der Waals surface area contributed by atoms with Gasteiger partial charge in [-0.1, -0.05) is 24.3 Å². The molecule has 2 N–H and O–H groups in total. The summed E-state index contributed by atoms with van der Waals surface area (Å²) in [6.07, 6.45) is -3.74. The number of hydrogen-bond acceptors (Lipinski definition) is 2. The lowest BCUT2D eigenvalue weighted by Gasteiger charge is -2.19. The molecule has 0 saturated heterocycles. The molecule has 1 fully saturated rings. The van der Waals surface area contributed by atoms with Crippen LogP contribution in [0.3, 0.4) is 0 Å². The quantitative estimate of drug-likeness (QED) is 0.584. The molecule has 3 amide bonds. The monoisotopic (exact) mass is 447 g/mol. The van der Waals surface area contributed by atoms with Crippen LogP contribution >= 0.6 is 0 Å². The molecule has 0 aromatic heterocycles. The zero-order chi connectivity index (χ0) is 23.5. The first kappa shape index (κ1) is 23.6. The van der Waals surface area contributed by atoms with Crippen molar-refractivity contribution in [1.82, 2.24) is 10.2 Å². The maximum Gasteiger partial charge on any atom is 0.416 e. The molecule has 5 nitrogen and oxygen atoms in total. The zero-order valence-corrected chi connectivity index (χ0v) is 18.4. The molecule has 172 valence electrons. The number of hydrogen-bond donors (Lipinski definition) is 2. The molecule has 0 bridgehead atoms. The minimum Gasteiger partial charge on any atom is -0.349 e. The number of rotatable bonds is 7. The Kier molecular flexibility index (Phi) is 7.11. The summed E-state index contributed by atoms with van der Waals surface area (Å²) in [4.78, 5) is 26.4. The molecule has 1 aliphatic rings. The number of halogens is 3. The molecule has 1 saturated carbocycles. The van der Waals surface area contributed by atoms with Gasteiger partial charge in [-0.25, -0.2) is 4.79 Å². The molecule has 3 atom stereocenters. The summed E-state index contributed by atoms with van der Waals surface area (Å²) in [6.45, 7) is 6.95. The van der Waals surface area contributed by atoms with E-state index in [1.54, 1.807) is 17.0 Å². The van der Waals surface area contributed by atoms with Crippen LogP contribution in [0.25, 0.3) is 0 Å². The molecule has 0 radical (unpaired) electrons. The highest BCUT2D eigenvalue weighted by Crippen LogP contribution is 2.48. The Hall–Kier alpha value is -3.03. The largest absolute Gasteiger partial charge is 0.416 e. The number of anilines is 1. The van der Waals surface area contributed by atoms with E-state index in [9.17, 15) is 22.8 Å². The van der Waals surface area contributed by atoms with Crippen molar-refractivity contribution in [2.24, 2.45) is 5.92 Å². The van der Waals surface area contributed by atoms with E-state index in [4.69, 9.17) is 0 Å². The first-order valence-electron chi connectivity index (χ1n) is 10.8. The van der Waals surface area contributed by atoms with Gasteiger partial charge >= 0.3 is 12.2 Å². The first-order chi connectivity index (χ1) is 15.1. The number of carbonyl (C=O) groups is 2. The Balaban J connectivity index is 1.53. The standard InChI is InChI=1S/C24H28F3N3O2/c1-4-30(5-2)23(32)29-19-12-8-16(9-13-19)15(3)28-22(31)21-14-20(21)17-6-10-18(11-7-17)24(25,26)27/h6-13,15,20-21H,4-5,14H2,1-3H3,(H,28,31)(H,29,32). The van der Waals surface area contributed by atoms with Gasteiger partial charge in [-0.2, -0.15) is 13.2 Å². The fourth-order valence-corrected chi connectivity index (χ4v) is 3.74. The summed E-state index contributed by atoms with van der Waals surface area (Å²) in [6, 6.07) is 11.9. The second kappa shape index (κ2) is 9.63. The van der Waals surface area contributed by atoms with Crippen molar-refractivity contribution >= 4 is 17.6 Å². The maximum atomic E-state index is 12.7. The molecular weight excluding hydrogens is 419 g/mol. The van der Waals surface area contributed by atoms with Gasteiger partial charge in [0.25, 0.3) is 0 Å². The van der Waals surface area contributed by atoms with E-state index in [0.29, 0.717) is 25.2 Å². The molecule has 32 heavy (non-hydrogen) atoms. The smallest absolute Gasteiger partial charge is 0.349 e. The van der Waals surface area contributed by atoms with Crippen LogP contribution in [0.15, 0.2) is 48.5 Å². The van der Waals surface area contributed by atoms with Gasteiger partial charge in [0, 0.05) is 24.7 Å². The number of alkyl halides is 3. The Morgan fingerprint density at radius 2 is 1.62 bits per heavy atom. The third kappa shape index (κ3) is 5.60. The van der Waals surface area contributed by atoms with Gasteiger partial charge in [0.1, 0.15) is 0 Å². The average molecular weight is 448 g/mol. The molecule has 8 heteroatoms. The Bertz CT molecular complexity index is 938. The number of carbonyl (C=O) groups excluding carboxylic acids is 2. The van der Waals surface area contributed by atoms with Crippen molar-refractivity contribution in [2.75, 3.05) is 18.4 Å². The van der Waals surface area contributed by atoms with Gasteiger partial charge < -0.3 is 15.5 Å². The van der Waals surface area contributed by atoms with E-state index in [-0.39, 0.29) is 29.8 Å². The number of benzene rings is 2. The molecular formula is C24H28F3N3O2. The van der Waals surface area contributed by atoms with E-state index in [0.717, 1.165) is 23.3 Å². The molecule has 0 heterocycles. The highest BCUT2D eigenvalue weighted by atomic mass is 19.4. The Morgan fingerprint density at radius 1 is 1.03 bits per heavy atom. The first-order valence-corrected chi connectivity index (χ1v) is 10.8. The van der Waals surface area contributed by atoms with Crippen molar-refractivity contribution < 1.29 is 22.8 Å². The summed E-state index contributed by atoms with van der Waals surface area (Å²) in [5, 5.41) is 5.82. The van der Waals surface area contributed by atoms with Crippen LogP contribution in [0.4, 0.5) is 23.7 Å². The van der Waals surface area contributed by atoms with Crippen LogP contribution in [0.1, 0.15) is 55.8 Å². The number of urea groups is 1. The van der Waals surface area contributed by atoms with Crippen LogP contribution in [-0.4, -0.2) is 29.9 Å². The van der Waals surface area contributed by atoms with Crippen molar-refractivity contribution in [2.45, 2.75) is 45.3 Å². The lowest BCUT2D eigenvalue weighted by molar-refractivity contribution is -0.137. The van der Waals surface area contributed by atoms with Gasteiger partial charge in [0.05, 0.1) is 11.6 Å². The third-order valence-electron chi connectivity index (χ3n) is 5.86. The van der Waals surface area contributed by atoms with Gasteiger partial charge in [-0.05, 0) is 68.5 Å². The number of amides is 3. The summed E-state index contributed by atoms with van der Waals surface area (Å²) >= 11 is 0. The molecule has 2 aromatic rings. The fraction of sp³-hybridized carbons (Fsp3) is 0.417. The van der Waals surface area contributed by atoms with E-state index in [1.807, 2.05) is 32.9 Å². The van der Waals surface area contributed by atoms with Crippen LogP contribution in [0.5, 0.6) is 0 Å². The normalized spacial score (nSPS) is 18.6. The summed E-state index contributed by atoms with van der Waals surface area (Å²) in [5.74, 6) is -0.398. The summed E-state index contributed by atoms with van der Waals surface area (Å²) in [7, 11) is 0. The zero-order valence-electron chi connectivity index (χ0n) is 18.4. The van der Waals surface area contributed by atoms with Crippen LogP contribution in [-0.2, 0) is 11.0 Å².